The number of hydrogen-bond acceptors (Lipinski definition) is 6. The van der Waals surface area contributed by atoms with E-state index < -0.39 is 0 Å². The second kappa shape index (κ2) is 9.17. The van der Waals surface area contributed by atoms with Gasteiger partial charge in [-0.25, -0.2) is 0 Å². The normalized spacial score (nSPS) is 11.1. The quantitative estimate of drug-likeness (QED) is 0.421. The molecule has 0 heterocycles. The van der Waals surface area contributed by atoms with Crippen molar-refractivity contribution < 1.29 is 19.0 Å². The van der Waals surface area contributed by atoms with E-state index in [2.05, 4.69) is 0 Å². The van der Waals surface area contributed by atoms with E-state index >= 15 is 0 Å². The molecule has 6 heteroatoms. The van der Waals surface area contributed by atoms with Crippen LogP contribution in [0.25, 0.3) is 6.08 Å². The number of allylic oxidation sites excluding steroid dienone is 1. The van der Waals surface area contributed by atoms with Crippen molar-refractivity contribution in [3.63, 3.8) is 0 Å². The van der Waals surface area contributed by atoms with Crippen LogP contribution in [-0.4, -0.2) is 41.2 Å². The van der Waals surface area contributed by atoms with Gasteiger partial charge in [0, 0.05) is 25.2 Å². The van der Waals surface area contributed by atoms with Gasteiger partial charge in [-0.2, -0.15) is 0 Å². The first-order chi connectivity index (χ1) is 13.4. The molecular formula is C22H28N2O4. The number of nitrogen functional groups attached to an aromatic ring is 1. The van der Waals surface area contributed by atoms with E-state index in [1.165, 1.54) is 0 Å². The molecule has 28 heavy (non-hydrogen) atoms. The van der Waals surface area contributed by atoms with E-state index in [1.54, 1.807) is 33.5 Å². The van der Waals surface area contributed by atoms with Crippen LogP contribution in [0, 0.1) is 0 Å². The molecule has 0 spiro atoms. The van der Waals surface area contributed by atoms with Gasteiger partial charge in [0.15, 0.2) is 17.3 Å². The maximum Gasteiger partial charge on any atom is 0.203 e. The zero-order chi connectivity index (χ0) is 20.8. The minimum Gasteiger partial charge on any atom is -0.493 e. The van der Waals surface area contributed by atoms with Crippen molar-refractivity contribution in [3.05, 3.63) is 47.0 Å². The summed E-state index contributed by atoms with van der Waals surface area (Å²) in [4.78, 5) is 14.9. The van der Waals surface area contributed by atoms with Crippen LogP contribution in [0.15, 0.2) is 35.9 Å². The van der Waals surface area contributed by atoms with Gasteiger partial charge in [0.2, 0.25) is 5.75 Å². The van der Waals surface area contributed by atoms with Crippen LogP contribution in [0.5, 0.6) is 17.2 Å². The second-order valence-corrected chi connectivity index (χ2v) is 6.48. The second-order valence-electron chi connectivity index (χ2n) is 6.48. The van der Waals surface area contributed by atoms with Crippen molar-refractivity contribution in [2.24, 2.45) is 0 Å². The minimum absolute atomic E-state index is 0.0618. The number of anilines is 2. The molecule has 0 fully saturated rings. The SMILES string of the molecule is CC/C(=C\c1cc(OC)c(OC)c(OC)c1)C(=O)c1ccc(N(C)C)c(N)c1. The number of ketones is 1. The number of Topliss-reactive ketones (excluding diaryl/α,β-unsaturated/α-hetero) is 1. The van der Waals surface area contributed by atoms with Gasteiger partial charge < -0.3 is 24.8 Å². The van der Waals surface area contributed by atoms with Crippen LogP contribution >= 0.6 is 0 Å². The fourth-order valence-corrected chi connectivity index (χ4v) is 3.00. The lowest BCUT2D eigenvalue weighted by Crippen LogP contribution is -2.12. The highest BCUT2D eigenvalue weighted by Crippen LogP contribution is 2.39. The Kier molecular flexibility index (Phi) is 6.93. The lowest BCUT2D eigenvalue weighted by Gasteiger charge is -2.16. The largest absolute Gasteiger partial charge is 0.493 e. The van der Waals surface area contributed by atoms with Crippen LogP contribution in [0.1, 0.15) is 29.3 Å². The summed E-state index contributed by atoms with van der Waals surface area (Å²) in [5, 5.41) is 0. The Morgan fingerprint density at radius 1 is 1.04 bits per heavy atom. The Morgan fingerprint density at radius 3 is 2.07 bits per heavy atom. The number of hydrogen-bond donors (Lipinski definition) is 1. The van der Waals surface area contributed by atoms with Crippen LogP contribution in [0.4, 0.5) is 11.4 Å². The third-order valence-corrected chi connectivity index (χ3v) is 4.47. The highest BCUT2D eigenvalue weighted by Gasteiger charge is 2.16. The average molecular weight is 384 g/mol. The maximum atomic E-state index is 13.0. The third-order valence-electron chi connectivity index (χ3n) is 4.47. The molecule has 0 aliphatic carbocycles. The molecule has 0 bridgehead atoms. The molecule has 0 aliphatic heterocycles. The molecular weight excluding hydrogens is 356 g/mol. The molecule has 0 aromatic heterocycles. The molecule has 2 aromatic rings. The van der Waals surface area contributed by atoms with Gasteiger partial charge in [0.25, 0.3) is 0 Å². The van der Waals surface area contributed by atoms with E-state index in [1.807, 2.05) is 50.2 Å². The first-order valence-corrected chi connectivity index (χ1v) is 8.98. The fourth-order valence-electron chi connectivity index (χ4n) is 3.00. The smallest absolute Gasteiger partial charge is 0.203 e. The fraction of sp³-hybridized carbons (Fsp3) is 0.318. The van der Waals surface area contributed by atoms with E-state index in [0.29, 0.717) is 40.5 Å². The van der Waals surface area contributed by atoms with E-state index in [4.69, 9.17) is 19.9 Å². The average Bonchev–Trinajstić information content (AvgIpc) is 2.70. The van der Waals surface area contributed by atoms with E-state index in [-0.39, 0.29) is 5.78 Å². The van der Waals surface area contributed by atoms with E-state index in [9.17, 15) is 4.79 Å². The van der Waals surface area contributed by atoms with Crippen LogP contribution < -0.4 is 24.8 Å². The van der Waals surface area contributed by atoms with Crippen molar-refractivity contribution in [3.8, 4) is 17.2 Å². The number of nitrogens with zero attached hydrogens (tertiary/aromatic N) is 1. The summed E-state index contributed by atoms with van der Waals surface area (Å²) in [6, 6.07) is 9.00. The summed E-state index contributed by atoms with van der Waals surface area (Å²) in [6.45, 7) is 1.94. The number of nitrogens with two attached hydrogens (primary N) is 1. The molecule has 0 saturated carbocycles. The van der Waals surface area contributed by atoms with Gasteiger partial charge in [-0.15, -0.1) is 0 Å². The molecule has 6 nitrogen and oxygen atoms in total. The van der Waals surface area contributed by atoms with Gasteiger partial charge in [-0.3, -0.25) is 4.79 Å². The number of benzene rings is 2. The Labute approximate surface area is 166 Å². The van der Waals surface area contributed by atoms with Gasteiger partial charge in [0.05, 0.1) is 32.7 Å². The van der Waals surface area contributed by atoms with Crippen LogP contribution in [0.2, 0.25) is 0 Å². The number of carbonyl (C=O) groups is 1. The van der Waals surface area contributed by atoms with Crippen molar-refractivity contribution in [2.75, 3.05) is 46.1 Å². The highest BCUT2D eigenvalue weighted by atomic mass is 16.5. The van der Waals surface area contributed by atoms with Gasteiger partial charge in [0.1, 0.15) is 0 Å². The molecule has 0 radical (unpaired) electrons. The third kappa shape index (κ3) is 4.39. The summed E-state index contributed by atoms with van der Waals surface area (Å²) >= 11 is 0. The summed E-state index contributed by atoms with van der Waals surface area (Å²) in [5.74, 6) is 1.53. The summed E-state index contributed by atoms with van der Waals surface area (Å²) < 4.78 is 16.1. The van der Waals surface area contributed by atoms with Crippen molar-refractivity contribution in [1.82, 2.24) is 0 Å². The first-order valence-electron chi connectivity index (χ1n) is 8.98. The Bertz CT molecular complexity index is 863. The lowest BCUT2D eigenvalue weighted by molar-refractivity contribution is 0.103. The van der Waals surface area contributed by atoms with Gasteiger partial charge >= 0.3 is 0 Å². The van der Waals surface area contributed by atoms with Crippen LogP contribution in [0.3, 0.4) is 0 Å². The topological polar surface area (TPSA) is 74.0 Å². The molecule has 0 unspecified atom stereocenters. The standard InChI is InChI=1S/C22H28N2O4/c1-7-15(21(25)16-8-9-18(24(2)3)17(23)13-16)10-14-11-19(26-4)22(28-6)20(12-14)27-5/h8-13H,7,23H2,1-6H3/b15-10+. The van der Waals surface area contributed by atoms with Crippen LogP contribution in [-0.2, 0) is 0 Å². The summed E-state index contributed by atoms with van der Waals surface area (Å²) in [5.41, 5.74) is 9.56. The Hall–Kier alpha value is -3.15. The van der Waals surface area contributed by atoms with Crippen molar-refractivity contribution in [1.29, 1.82) is 0 Å². The molecule has 2 rings (SSSR count). The predicted octanol–water partition coefficient (Wildman–Crippen LogP) is 4.04. The summed E-state index contributed by atoms with van der Waals surface area (Å²) in [7, 11) is 8.50. The molecule has 150 valence electrons. The highest BCUT2D eigenvalue weighted by molar-refractivity contribution is 6.12. The van der Waals surface area contributed by atoms with Gasteiger partial charge in [-0.1, -0.05) is 6.92 Å². The molecule has 2 N–H and O–H groups in total. The molecule has 0 amide bonds. The minimum atomic E-state index is -0.0618. The lowest BCUT2D eigenvalue weighted by atomic mass is 9.98. The monoisotopic (exact) mass is 384 g/mol. The predicted molar refractivity (Wildman–Crippen MR) is 114 cm³/mol. The zero-order valence-corrected chi connectivity index (χ0v) is 17.3. The van der Waals surface area contributed by atoms with Crippen molar-refractivity contribution >= 4 is 23.2 Å². The molecule has 0 aliphatic rings. The number of methoxy groups -OCH3 is 3. The van der Waals surface area contributed by atoms with E-state index in [0.717, 1.165) is 11.3 Å². The van der Waals surface area contributed by atoms with Gasteiger partial charge in [-0.05, 0) is 48.4 Å². The summed E-state index contributed by atoms with van der Waals surface area (Å²) in [6.07, 6.45) is 2.41. The Morgan fingerprint density at radius 2 is 1.64 bits per heavy atom. The molecule has 0 atom stereocenters. The Balaban J connectivity index is 2.46. The first kappa shape index (κ1) is 21.2. The van der Waals surface area contributed by atoms with Crippen molar-refractivity contribution in [2.45, 2.75) is 13.3 Å². The number of ether oxygens (including phenoxy) is 3. The molecule has 2 aromatic carbocycles. The number of rotatable bonds is 8. The molecule has 0 saturated heterocycles. The maximum absolute atomic E-state index is 13.0. The zero-order valence-electron chi connectivity index (χ0n) is 17.3. The number of carbonyl (C=O) groups excluding carboxylic acids is 1.